The lowest BCUT2D eigenvalue weighted by molar-refractivity contribution is -0.141. The van der Waals surface area contributed by atoms with E-state index >= 15 is 0 Å². The van der Waals surface area contributed by atoms with Crippen LogP contribution in [0.5, 0.6) is 0 Å². The standard InChI is InChI=1S/C2H7NO2Si/c3-5-2(4)1-6/h1,3H2,6H3. The molecule has 0 fully saturated rings. The van der Waals surface area contributed by atoms with E-state index in [2.05, 4.69) is 10.7 Å². The fourth-order valence-electron chi connectivity index (χ4n) is 0.0833. The van der Waals surface area contributed by atoms with Crippen molar-refractivity contribution in [1.82, 2.24) is 0 Å². The fraction of sp³-hybridized carbons (Fsp3) is 0.500. The Morgan fingerprint density at radius 2 is 2.50 bits per heavy atom. The normalized spacial score (nSPS) is 8.17. The molecule has 0 saturated carbocycles. The van der Waals surface area contributed by atoms with Crippen molar-refractivity contribution in [3.8, 4) is 0 Å². The molecule has 0 bridgehead atoms. The fourth-order valence-corrected chi connectivity index (χ4v) is 0.250. The second-order valence-electron chi connectivity index (χ2n) is 0.843. The lowest BCUT2D eigenvalue weighted by Crippen LogP contribution is -2.07. The molecule has 2 N–H and O–H groups in total. The van der Waals surface area contributed by atoms with Gasteiger partial charge in [-0.05, 0) is 0 Å². The van der Waals surface area contributed by atoms with Crippen LogP contribution >= 0.6 is 0 Å². The quantitative estimate of drug-likeness (QED) is 0.316. The van der Waals surface area contributed by atoms with E-state index in [1.54, 1.807) is 0 Å². The van der Waals surface area contributed by atoms with Crippen LogP contribution in [-0.2, 0) is 9.63 Å². The van der Waals surface area contributed by atoms with Gasteiger partial charge in [-0.2, -0.15) is 5.90 Å². The highest BCUT2D eigenvalue weighted by atomic mass is 28.1. The van der Waals surface area contributed by atoms with Gasteiger partial charge < -0.3 is 4.84 Å². The summed E-state index contributed by atoms with van der Waals surface area (Å²) in [6.45, 7) is 0. The van der Waals surface area contributed by atoms with Crippen LogP contribution in [-0.4, -0.2) is 16.2 Å². The molecule has 0 amide bonds. The number of rotatable bonds is 1. The molecule has 0 saturated heterocycles. The van der Waals surface area contributed by atoms with Crippen molar-refractivity contribution >= 4 is 16.2 Å². The summed E-state index contributed by atoms with van der Waals surface area (Å²) in [6.07, 6.45) is 0. The Hall–Kier alpha value is -0.353. The highest BCUT2D eigenvalue weighted by Gasteiger charge is 1.88. The van der Waals surface area contributed by atoms with Crippen LogP contribution < -0.4 is 5.90 Å². The monoisotopic (exact) mass is 105 g/mol. The number of carbonyl (C=O) groups is 1. The summed E-state index contributed by atoms with van der Waals surface area (Å²) in [4.78, 5) is 13.7. The highest BCUT2D eigenvalue weighted by molar-refractivity contribution is 6.18. The smallest absolute Gasteiger partial charge is 0.320 e. The molecule has 0 atom stereocenters. The van der Waals surface area contributed by atoms with Gasteiger partial charge in [0, 0.05) is 16.3 Å². The summed E-state index contributed by atoms with van der Waals surface area (Å²) in [5.41, 5.74) is 0. The molecular weight excluding hydrogens is 98.1 g/mol. The third-order valence-corrected chi connectivity index (χ3v) is 0.997. The van der Waals surface area contributed by atoms with E-state index in [0.717, 1.165) is 10.2 Å². The van der Waals surface area contributed by atoms with E-state index in [-0.39, 0.29) is 5.97 Å². The van der Waals surface area contributed by atoms with Gasteiger partial charge in [0.1, 0.15) is 0 Å². The first kappa shape index (κ1) is 5.65. The first-order chi connectivity index (χ1) is 2.81. The SMILES string of the molecule is NOC(=O)C[SiH3]. The Kier molecular flexibility index (Phi) is 2.69. The molecule has 0 aliphatic heterocycles. The number of hydrogen-bond acceptors (Lipinski definition) is 3. The van der Waals surface area contributed by atoms with E-state index < -0.39 is 0 Å². The molecule has 0 radical (unpaired) electrons. The van der Waals surface area contributed by atoms with Gasteiger partial charge in [0.05, 0.1) is 0 Å². The zero-order chi connectivity index (χ0) is 4.99. The lowest BCUT2D eigenvalue weighted by atomic mass is 10.8. The van der Waals surface area contributed by atoms with Crippen LogP contribution in [0.15, 0.2) is 0 Å². The lowest BCUT2D eigenvalue weighted by Gasteiger charge is -1.85. The van der Waals surface area contributed by atoms with Crippen LogP contribution in [0.2, 0.25) is 6.04 Å². The Morgan fingerprint density at radius 1 is 2.00 bits per heavy atom. The van der Waals surface area contributed by atoms with Gasteiger partial charge in [-0.15, -0.1) is 0 Å². The second-order valence-corrected chi connectivity index (χ2v) is 1.55. The molecule has 0 aliphatic carbocycles. The molecule has 6 heavy (non-hydrogen) atoms. The van der Waals surface area contributed by atoms with Crippen LogP contribution in [0.3, 0.4) is 0 Å². The van der Waals surface area contributed by atoms with Crippen LogP contribution in [0, 0.1) is 0 Å². The number of nitrogens with two attached hydrogens (primary N) is 1. The van der Waals surface area contributed by atoms with Crippen LogP contribution in [0.4, 0.5) is 0 Å². The van der Waals surface area contributed by atoms with Gasteiger partial charge in [-0.3, -0.25) is 4.79 Å². The molecule has 0 unspecified atom stereocenters. The molecule has 36 valence electrons. The molecular formula is C2H7NO2Si. The molecule has 0 heterocycles. The van der Waals surface area contributed by atoms with Crippen molar-refractivity contribution in [2.24, 2.45) is 5.90 Å². The van der Waals surface area contributed by atoms with Crippen molar-refractivity contribution in [3.63, 3.8) is 0 Å². The summed E-state index contributed by atoms with van der Waals surface area (Å²) >= 11 is 0. The van der Waals surface area contributed by atoms with Gasteiger partial charge >= 0.3 is 5.97 Å². The zero-order valence-electron chi connectivity index (χ0n) is 3.60. The maximum absolute atomic E-state index is 9.87. The minimum absolute atomic E-state index is 0.318. The second kappa shape index (κ2) is 2.86. The van der Waals surface area contributed by atoms with E-state index in [4.69, 9.17) is 0 Å². The van der Waals surface area contributed by atoms with E-state index in [0.29, 0.717) is 6.04 Å². The predicted octanol–water partition coefficient (Wildman–Crippen LogP) is -1.81. The van der Waals surface area contributed by atoms with E-state index in [9.17, 15) is 4.79 Å². The number of hydrogen-bond donors (Lipinski definition) is 1. The first-order valence-corrected chi connectivity index (χ1v) is 3.12. The first-order valence-electron chi connectivity index (χ1n) is 1.70. The third-order valence-electron chi connectivity index (χ3n) is 0.420. The summed E-state index contributed by atoms with van der Waals surface area (Å²) in [6, 6.07) is 0.483. The number of carbonyl (C=O) groups excluding carboxylic acids is 1. The molecule has 3 nitrogen and oxygen atoms in total. The van der Waals surface area contributed by atoms with Gasteiger partial charge in [0.2, 0.25) is 0 Å². The molecule has 4 heteroatoms. The Morgan fingerprint density at radius 3 is 2.50 bits per heavy atom. The zero-order valence-corrected chi connectivity index (χ0v) is 5.60. The summed E-state index contributed by atoms with van der Waals surface area (Å²) in [5, 5.41) is 0. The van der Waals surface area contributed by atoms with Crippen molar-refractivity contribution in [1.29, 1.82) is 0 Å². The van der Waals surface area contributed by atoms with Crippen LogP contribution in [0.1, 0.15) is 0 Å². The molecule has 0 aromatic rings. The molecule has 0 spiro atoms. The Labute approximate surface area is 38.8 Å². The van der Waals surface area contributed by atoms with Crippen molar-refractivity contribution in [2.45, 2.75) is 6.04 Å². The average molecular weight is 105 g/mol. The third kappa shape index (κ3) is 1.92. The largest absolute Gasteiger partial charge is 0.374 e. The Bertz CT molecular complexity index is 49.5. The summed E-state index contributed by atoms with van der Waals surface area (Å²) in [7, 11) is 0.828. The van der Waals surface area contributed by atoms with Crippen molar-refractivity contribution in [3.05, 3.63) is 0 Å². The molecule has 0 rings (SSSR count). The molecule has 0 aliphatic rings. The minimum atomic E-state index is -0.318. The summed E-state index contributed by atoms with van der Waals surface area (Å²) in [5.74, 6) is 4.14. The van der Waals surface area contributed by atoms with Gasteiger partial charge in [0.15, 0.2) is 0 Å². The van der Waals surface area contributed by atoms with Gasteiger partial charge in [-0.1, -0.05) is 0 Å². The predicted molar refractivity (Wildman–Crippen MR) is 25.0 cm³/mol. The van der Waals surface area contributed by atoms with Gasteiger partial charge in [0.25, 0.3) is 0 Å². The molecule has 0 aromatic carbocycles. The maximum Gasteiger partial charge on any atom is 0.320 e. The minimum Gasteiger partial charge on any atom is -0.374 e. The van der Waals surface area contributed by atoms with Crippen molar-refractivity contribution < 1.29 is 9.63 Å². The molecule has 0 aromatic heterocycles. The van der Waals surface area contributed by atoms with Crippen molar-refractivity contribution in [2.75, 3.05) is 0 Å². The van der Waals surface area contributed by atoms with E-state index in [1.807, 2.05) is 0 Å². The summed E-state index contributed by atoms with van der Waals surface area (Å²) < 4.78 is 0. The Balaban J connectivity index is 2.99. The average Bonchev–Trinajstić information content (AvgIpc) is 1.65. The topological polar surface area (TPSA) is 52.3 Å². The highest BCUT2D eigenvalue weighted by Crippen LogP contribution is 1.70. The maximum atomic E-state index is 9.87. The van der Waals surface area contributed by atoms with Gasteiger partial charge in [-0.25, -0.2) is 0 Å². The van der Waals surface area contributed by atoms with E-state index in [1.165, 1.54) is 0 Å². The van der Waals surface area contributed by atoms with Crippen LogP contribution in [0.25, 0.3) is 0 Å².